The van der Waals surface area contributed by atoms with Gasteiger partial charge in [0.1, 0.15) is 0 Å². The fourth-order valence-electron chi connectivity index (χ4n) is 2.41. The Bertz CT molecular complexity index is 465. The lowest BCUT2D eigenvalue weighted by molar-refractivity contribution is -0.0869. The van der Waals surface area contributed by atoms with E-state index in [9.17, 15) is 13.6 Å². The van der Waals surface area contributed by atoms with Gasteiger partial charge in [-0.25, -0.2) is 23.5 Å². The SMILES string of the molecule is O=C(O)c1cnc(NCCC2CCCCC2(F)F)nc1. The number of halogens is 2. The Morgan fingerprint density at radius 2 is 2.10 bits per heavy atom. The topological polar surface area (TPSA) is 75.1 Å². The van der Waals surface area contributed by atoms with E-state index in [1.165, 1.54) is 12.4 Å². The molecular formula is C13H17F2N3O2. The van der Waals surface area contributed by atoms with Crippen LogP contribution in [0, 0.1) is 5.92 Å². The minimum atomic E-state index is -2.58. The van der Waals surface area contributed by atoms with Crippen molar-refractivity contribution in [2.45, 2.75) is 38.0 Å². The number of aromatic nitrogens is 2. The van der Waals surface area contributed by atoms with Crippen molar-refractivity contribution in [1.29, 1.82) is 0 Å². The summed E-state index contributed by atoms with van der Waals surface area (Å²) in [6.07, 6.45) is 4.70. The van der Waals surface area contributed by atoms with Gasteiger partial charge < -0.3 is 10.4 Å². The minimum Gasteiger partial charge on any atom is -0.478 e. The highest BCUT2D eigenvalue weighted by Crippen LogP contribution is 2.40. The third kappa shape index (κ3) is 3.61. The molecule has 2 N–H and O–H groups in total. The lowest BCUT2D eigenvalue weighted by Crippen LogP contribution is -2.33. The Balaban J connectivity index is 1.82. The van der Waals surface area contributed by atoms with Gasteiger partial charge >= 0.3 is 5.97 Å². The molecule has 1 aromatic heterocycles. The first kappa shape index (κ1) is 14.6. The molecule has 1 unspecified atom stereocenters. The highest BCUT2D eigenvalue weighted by atomic mass is 19.3. The molecule has 2 rings (SSSR count). The van der Waals surface area contributed by atoms with E-state index in [0.29, 0.717) is 25.8 Å². The third-order valence-electron chi connectivity index (χ3n) is 3.58. The average molecular weight is 285 g/mol. The monoisotopic (exact) mass is 285 g/mol. The Morgan fingerprint density at radius 1 is 1.40 bits per heavy atom. The smallest absolute Gasteiger partial charge is 0.338 e. The number of carbonyl (C=O) groups is 1. The third-order valence-corrected chi connectivity index (χ3v) is 3.58. The molecule has 20 heavy (non-hydrogen) atoms. The van der Waals surface area contributed by atoms with Crippen molar-refractivity contribution < 1.29 is 18.7 Å². The minimum absolute atomic E-state index is 0.00522. The van der Waals surface area contributed by atoms with E-state index < -0.39 is 17.8 Å². The molecule has 1 saturated carbocycles. The zero-order chi connectivity index (χ0) is 14.6. The summed E-state index contributed by atoms with van der Waals surface area (Å²) in [6, 6.07) is 0. The summed E-state index contributed by atoms with van der Waals surface area (Å²) < 4.78 is 27.2. The van der Waals surface area contributed by atoms with Crippen LogP contribution in [0.2, 0.25) is 0 Å². The number of alkyl halides is 2. The number of carboxylic acid groups (broad SMARTS) is 1. The lowest BCUT2D eigenvalue weighted by Gasteiger charge is -2.31. The van der Waals surface area contributed by atoms with E-state index >= 15 is 0 Å². The second-order valence-corrected chi connectivity index (χ2v) is 5.02. The summed E-state index contributed by atoms with van der Waals surface area (Å²) >= 11 is 0. The zero-order valence-electron chi connectivity index (χ0n) is 11.0. The van der Waals surface area contributed by atoms with Gasteiger partial charge in [-0.15, -0.1) is 0 Å². The van der Waals surface area contributed by atoms with Gasteiger partial charge in [0.25, 0.3) is 5.92 Å². The van der Waals surface area contributed by atoms with Gasteiger partial charge in [0.05, 0.1) is 5.56 Å². The number of anilines is 1. The summed E-state index contributed by atoms with van der Waals surface area (Å²) in [5.74, 6) is -4.01. The number of rotatable bonds is 5. The van der Waals surface area contributed by atoms with Crippen molar-refractivity contribution in [3.05, 3.63) is 18.0 Å². The van der Waals surface area contributed by atoms with Crippen LogP contribution in [-0.4, -0.2) is 33.5 Å². The summed E-state index contributed by atoms with van der Waals surface area (Å²) in [5, 5.41) is 11.5. The molecule has 1 aliphatic carbocycles. The van der Waals surface area contributed by atoms with Gasteiger partial charge in [-0.2, -0.15) is 0 Å². The van der Waals surface area contributed by atoms with Crippen LogP contribution in [0.5, 0.6) is 0 Å². The molecule has 0 aromatic carbocycles. The molecule has 1 aromatic rings. The zero-order valence-corrected chi connectivity index (χ0v) is 11.0. The first-order chi connectivity index (χ1) is 9.49. The Kier molecular flexibility index (Phi) is 4.46. The predicted octanol–water partition coefficient (Wildman–Crippen LogP) is 2.80. The van der Waals surface area contributed by atoms with Crippen LogP contribution in [0.4, 0.5) is 14.7 Å². The summed E-state index contributed by atoms with van der Waals surface area (Å²) in [4.78, 5) is 18.3. The van der Waals surface area contributed by atoms with Crippen molar-refractivity contribution in [3.8, 4) is 0 Å². The molecule has 5 nitrogen and oxygen atoms in total. The van der Waals surface area contributed by atoms with Crippen molar-refractivity contribution in [1.82, 2.24) is 9.97 Å². The van der Waals surface area contributed by atoms with Crippen LogP contribution >= 0.6 is 0 Å². The van der Waals surface area contributed by atoms with Crippen LogP contribution in [0.25, 0.3) is 0 Å². The number of hydrogen-bond acceptors (Lipinski definition) is 4. The van der Waals surface area contributed by atoms with Crippen LogP contribution in [0.15, 0.2) is 12.4 Å². The number of carboxylic acids is 1. The molecule has 1 fully saturated rings. The predicted molar refractivity (Wildman–Crippen MR) is 69.0 cm³/mol. The first-order valence-corrected chi connectivity index (χ1v) is 6.66. The highest BCUT2D eigenvalue weighted by Gasteiger charge is 2.40. The molecule has 0 saturated heterocycles. The average Bonchev–Trinajstić information content (AvgIpc) is 2.41. The fourth-order valence-corrected chi connectivity index (χ4v) is 2.41. The van der Waals surface area contributed by atoms with E-state index in [4.69, 9.17) is 5.11 Å². The van der Waals surface area contributed by atoms with Crippen molar-refractivity contribution in [2.75, 3.05) is 11.9 Å². The Morgan fingerprint density at radius 3 is 2.70 bits per heavy atom. The molecule has 1 heterocycles. The van der Waals surface area contributed by atoms with Gasteiger partial charge in [0.15, 0.2) is 0 Å². The quantitative estimate of drug-likeness (QED) is 0.870. The standard InChI is InChI=1S/C13H17F2N3O2/c14-13(15)5-2-1-3-10(13)4-6-16-12-17-7-9(8-18-12)11(19)20/h7-8,10H,1-6H2,(H,19,20)(H,16,17,18). The molecule has 0 radical (unpaired) electrons. The summed E-state index contributed by atoms with van der Waals surface area (Å²) in [7, 11) is 0. The molecular weight excluding hydrogens is 268 g/mol. The summed E-state index contributed by atoms with van der Waals surface area (Å²) in [5.41, 5.74) is -0.00522. The maximum atomic E-state index is 13.6. The van der Waals surface area contributed by atoms with Crippen LogP contribution < -0.4 is 5.32 Å². The van der Waals surface area contributed by atoms with Gasteiger partial charge in [0.2, 0.25) is 5.95 Å². The molecule has 0 aliphatic heterocycles. The Hall–Kier alpha value is -1.79. The number of hydrogen-bond donors (Lipinski definition) is 2. The van der Waals surface area contributed by atoms with Crippen LogP contribution in [0.3, 0.4) is 0 Å². The normalized spacial score (nSPS) is 21.4. The molecule has 7 heteroatoms. The van der Waals surface area contributed by atoms with E-state index in [1.54, 1.807) is 0 Å². The van der Waals surface area contributed by atoms with Crippen LogP contribution in [-0.2, 0) is 0 Å². The van der Waals surface area contributed by atoms with Gasteiger partial charge in [-0.05, 0) is 19.3 Å². The van der Waals surface area contributed by atoms with E-state index in [-0.39, 0.29) is 17.9 Å². The van der Waals surface area contributed by atoms with E-state index in [2.05, 4.69) is 15.3 Å². The van der Waals surface area contributed by atoms with Gasteiger partial charge in [0, 0.05) is 31.3 Å². The van der Waals surface area contributed by atoms with Gasteiger partial charge in [-0.3, -0.25) is 0 Å². The second kappa shape index (κ2) is 6.11. The Labute approximate surface area is 115 Å². The largest absolute Gasteiger partial charge is 0.478 e. The highest BCUT2D eigenvalue weighted by molar-refractivity contribution is 5.86. The molecule has 0 amide bonds. The van der Waals surface area contributed by atoms with Gasteiger partial charge in [-0.1, -0.05) is 6.42 Å². The number of aromatic carboxylic acids is 1. The molecule has 1 aliphatic rings. The van der Waals surface area contributed by atoms with E-state index in [0.717, 1.165) is 6.42 Å². The van der Waals surface area contributed by atoms with Crippen LogP contribution in [0.1, 0.15) is 42.5 Å². The molecule has 0 spiro atoms. The maximum Gasteiger partial charge on any atom is 0.338 e. The molecule has 0 bridgehead atoms. The lowest BCUT2D eigenvalue weighted by atomic mass is 9.83. The first-order valence-electron chi connectivity index (χ1n) is 6.66. The van der Waals surface area contributed by atoms with Crippen molar-refractivity contribution in [2.24, 2.45) is 5.92 Å². The number of nitrogens with zero attached hydrogens (tertiary/aromatic N) is 2. The number of nitrogens with one attached hydrogen (secondary N) is 1. The molecule has 110 valence electrons. The summed E-state index contributed by atoms with van der Waals surface area (Å²) in [6.45, 7) is 0.354. The van der Waals surface area contributed by atoms with Crippen molar-refractivity contribution >= 4 is 11.9 Å². The maximum absolute atomic E-state index is 13.6. The second-order valence-electron chi connectivity index (χ2n) is 5.02. The fraction of sp³-hybridized carbons (Fsp3) is 0.615. The molecule has 1 atom stereocenters. The van der Waals surface area contributed by atoms with E-state index in [1.807, 2.05) is 0 Å². The van der Waals surface area contributed by atoms with Crippen molar-refractivity contribution in [3.63, 3.8) is 0 Å².